The first-order valence-corrected chi connectivity index (χ1v) is 4.37. The molecule has 84 valence electrons. The van der Waals surface area contributed by atoms with Crippen molar-refractivity contribution < 1.29 is 19.8 Å². The van der Waals surface area contributed by atoms with E-state index in [4.69, 9.17) is 10.2 Å². The Bertz CT molecular complexity index is 454. The third-order valence-corrected chi connectivity index (χ3v) is 1.74. The maximum atomic E-state index is 11.4. The van der Waals surface area contributed by atoms with E-state index in [0.29, 0.717) is 0 Å². The Kier molecular flexibility index (Phi) is 3.60. The monoisotopic (exact) mass is 222 g/mol. The van der Waals surface area contributed by atoms with E-state index in [1.807, 2.05) is 0 Å². The Hall–Kier alpha value is -2.37. The molecule has 6 heteroatoms. The average molecular weight is 222 g/mol. The number of carboxylic acids is 1. The summed E-state index contributed by atoms with van der Waals surface area (Å²) in [6.45, 7) is 1.26. The second kappa shape index (κ2) is 4.92. The van der Waals surface area contributed by atoms with E-state index in [9.17, 15) is 9.59 Å². The molecule has 1 rings (SSSR count). The number of carboxylic acid groups (broad SMARTS) is 1. The number of amides is 1. The van der Waals surface area contributed by atoms with Crippen molar-refractivity contribution in [1.82, 2.24) is 5.43 Å². The Morgan fingerprint density at radius 1 is 1.38 bits per heavy atom. The van der Waals surface area contributed by atoms with Crippen LogP contribution in [0.3, 0.4) is 0 Å². The molecule has 0 saturated carbocycles. The normalized spacial score (nSPS) is 10.9. The molecule has 0 bridgehead atoms. The second-order valence-electron chi connectivity index (χ2n) is 2.99. The van der Waals surface area contributed by atoms with Gasteiger partial charge in [-0.05, 0) is 25.1 Å². The van der Waals surface area contributed by atoms with Crippen LogP contribution in [-0.4, -0.2) is 27.8 Å². The molecule has 1 aromatic carbocycles. The fourth-order valence-electron chi connectivity index (χ4n) is 0.894. The van der Waals surface area contributed by atoms with E-state index >= 15 is 0 Å². The molecule has 0 saturated heterocycles. The van der Waals surface area contributed by atoms with Crippen molar-refractivity contribution in [1.29, 1.82) is 0 Å². The van der Waals surface area contributed by atoms with Crippen molar-refractivity contribution in [2.24, 2.45) is 5.10 Å². The number of benzene rings is 1. The molecule has 0 aliphatic carbocycles. The van der Waals surface area contributed by atoms with Crippen LogP contribution in [0.1, 0.15) is 17.3 Å². The standard InChI is InChI=1S/C10H10N2O4/c1-6(10(15)16)11-12-9(14)7-3-2-4-8(13)5-7/h2-5,13H,1H3,(H,12,14)(H,15,16)/b11-6-. The highest BCUT2D eigenvalue weighted by Gasteiger charge is 2.06. The number of phenolic OH excluding ortho intramolecular Hbond substituents is 1. The summed E-state index contributed by atoms with van der Waals surface area (Å²) in [5.41, 5.74) is 2.03. The van der Waals surface area contributed by atoms with Crippen molar-refractivity contribution in [3.63, 3.8) is 0 Å². The summed E-state index contributed by atoms with van der Waals surface area (Å²) >= 11 is 0. The van der Waals surface area contributed by atoms with Gasteiger partial charge in [-0.1, -0.05) is 6.07 Å². The van der Waals surface area contributed by atoms with Gasteiger partial charge in [-0.3, -0.25) is 4.79 Å². The summed E-state index contributed by atoms with van der Waals surface area (Å²) in [7, 11) is 0. The van der Waals surface area contributed by atoms with Crippen molar-refractivity contribution in [2.45, 2.75) is 6.92 Å². The molecule has 3 N–H and O–H groups in total. The molecular formula is C10H10N2O4. The number of carbonyl (C=O) groups excluding carboxylic acids is 1. The maximum absolute atomic E-state index is 11.4. The van der Waals surface area contributed by atoms with Crippen molar-refractivity contribution >= 4 is 17.6 Å². The molecule has 6 nitrogen and oxygen atoms in total. The van der Waals surface area contributed by atoms with Crippen LogP contribution in [0, 0.1) is 0 Å². The van der Waals surface area contributed by atoms with Gasteiger partial charge in [-0.2, -0.15) is 5.10 Å². The number of hydrogen-bond acceptors (Lipinski definition) is 4. The zero-order valence-corrected chi connectivity index (χ0v) is 8.47. The van der Waals surface area contributed by atoms with Gasteiger partial charge in [-0.15, -0.1) is 0 Å². The van der Waals surface area contributed by atoms with Crippen LogP contribution in [0.15, 0.2) is 29.4 Å². The van der Waals surface area contributed by atoms with E-state index in [0.717, 1.165) is 0 Å². The van der Waals surface area contributed by atoms with E-state index in [2.05, 4.69) is 10.5 Å². The van der Waals surface area contributed by atoms with Gasteiger partial charge in [0.05, 0.1) is 0 Å². The Balaban J connectivity index is 2.74. The largest absolute Gasteiger partial charge is 0.508 e. The number of nitrogens with one attached hydrogen (secondary N) is 1. The maximum Gasteiger partial charge on any atom is 0.351 e. The van der Waals surface area contributed by atoms with Gasteiger partial charge in [0.15, 0.2) is 0 Å². The van der Waals surface area contributed by atoms with Crippen LogP contribution in [0.4, 0.5) is 0 Å². The van der Waals surface area contributed by atoms with Crippen molar-refractivity contribution in [3.05, 3.63) is 29.8 Å². The van der Waals surface area contributed by atoms with Crippen molar-refractivity contribution in [2.75, 3.05) is 0 Å². The molecule has 1 amide bonds. The van der Waals surface area contributed by atoms with Gasteiger partial charge < -0.3 is 10.2 Å². The Labute approximate surface area is 91.2 Å². The third-order valence-electron chi connectivity index (χ3n) is 1.74. The number of hydrogen-bond donors (Lipinski definition) is 3. The van der Waals surface area contributed by atoms with Gasteiger partial charge >= 0.3 is 5.97 Å². The fraction of sp³-hybridized carbons (Fsp3) is 0.100. The van der Waals surface area contributed by atoms with Gasteiger partial charge in [0, 0.05) is 5.56 Å². The molecule has 16 heavy (non-hydrogen) atoms. The zero-order chi connectivity index (χ0) is 12.1. The molecule has 0 atom stereocenters. The number of aromatic hydroxyl groups is 1. The van der Waals surface area contributed by atoms with Crippen LogP contribution in [-0.2, 0) is 4.79 Å². The number of rotatable bonds is 3. The highest BCUT2D eigenvalue weighted by atomic mass is 16.4. The SMILES string of the molecule is C/C(=N/NC(=O)c1cccc(O)c1)C(=O)O. The number of aliphatic carboxylic acids is 1. The minimum Gasteiger partial charge on any atom is -0.508 e. The lowest BCUT2D eigenvalue weighted by Gasteiger charge is -2.00. The summed E-state index contributed by atoms with van der Waals surface area (Å²) in [5.74, 6) is -1.85. The van der Waals surface area contributed by atoms with E-state index in [-0.39, 0.29) is 17.0 Å². The molecule has 0 heterocycles. The van der Waals surface area contributed by atoms with Crippen LogP contribution >= 0.6 is 0 Å². The average Bonchev–Trinajstić information content (AvgIpc) is 2.25. The first kappa shape index (κ1) is 11.7. The summed E-state index contributed by atoms with van der Waals surface area (Å²) in [4.78, 5) is 21.8. The number of hydrazone groups is 1. The lowest BCUT2D eigenvalue weighted by Crippen LogP contribution is -2.21. The van der Waals surface area contributed by atoms with Gasteiger partial charge in [-0.25, -0.2) is 10.2 Å². The highest BCUT2D eigenvalue weighted by Crippen LogP contribution is 2.10. The summed E-state index contributed by atoms with van der Waals surface area (Å²) in [6.07, 6.45) is 0. The molecule has 1 aromatic rings. The lowest BCUT2D eigenvalue weighted by atomic mass is 10.2. The summed E-state index contributed by atoms with van der Waals surface area (Å²) in [5, 5.41) is 21.0. The molecule has 0 fully saturated rings. The summed E-state index contributed by atoms with van der Waals surface area (Å²) in [6, 6.07) is 5.64. The van der Waals surface area contributed by atoms with Crippen LogP contribution in [0.5, 0.6) is 5.75 Å². The van der Waals surface area contributed by atoms with Crippen molar-refractivity contribution in [3.8, 4) is 5.75 Å². The Morgan fingerprint density at radius 2 is 2.06 bits per heavy atom. The van der Waals surface area contributed by atoms with E-state index in [1.54, 1.807) is 0 Å². The first-order valence-electron chi connectivity index (χ1n) is 4.37. The molecule has 0 aliphatic rings. The second-order valence-corrected chi connectivity index (χ2v) is 2.99. The number of carbonyl (C=O) groups is 2. The third kappa shape index (κ3) is 3.09. The number of nitrogens with zero attached hydrogens (tertiary/aromatic N) is 1. The topological polar surface area (TPSA) is 99.0 Å². The molecule has 0 aliphatic heterocycles. The highest BCUT2D eigenvalue weighted by molar-refractivity contribution is 6.34. The minimum atomic E-state index is -1.21. The minimum absolute atomic E-state index is 0.0495. The van der Waals surface area contributed by atoms with Gasteiger partial charge in [0.25, 0.3) is 5.91 Å². The lowest BCUT2D eigenvalue weighted by molar-refractivity contribution is -0.129. The first-order chi connectivity index (χ1) is 7.50. The quantitative estimate of drug-likeness (QED) is 0.514. The molecule has 0 unspecified atom stereocenters. The molecular weight excluding hydrogens is 212 g/mol. The molecule has 0 radical (unpaired) electrons. The zero-order valence-electron chi connectivity index (χ0n) is 8.47. The van der Waals surface area contributed by atoms with E-state index < -0.39 is 11.9 Å². The number of phenols is 1. The summed E-state index contributed by atoms with van der Waals surface area (Å²) < 4.78 is 0. The van der Waals surface area contributed by atoms with E-state index in [1.165, 1.54) is 31.2 Å². The van der Waals surface area contributed by atoms with Crippen LogP contribution < -0.4 is 5.43 Å². The van der Waals surface area contributed by atoms with Crippen LogP contribution in [0.2, 0.25) is 0 Å². The van der Waals surface area contributed by atoms with Gasteiger partial charge in [0.1, 0.15) is 11.5 Å². The predicted molar refractivity (Wildman–Crippen MR) is 56.3 cm³/mol. The smallest absolute Gasteiger partial charge is 0.351 e. The fourth-order valence-corrected chi connectivity index (χ4v) is 0.894. The Morgan fingerprint density at radius 3 is 2.62 bits per heavy atom. The molecule has 0 spiro atoms. The predicted octanol–water partition coefficient (Wildman–Crippen LogP) is 0.583. The van der Waals surface area contributed by atoms with Crippen LogP contribution in [0.25, 0.3) is 0 Å². The van der Waals surface area contributed by atoms with Gasteiger partial charge in [0.2, 0.25) is 0 Å². The molecule has 0 aromatic heterocycles.